The first kappa shape index (κ1) is 11.3. The summed E-state index contributed by atoms with van der Waals surface area (Å²) in [6, 6.07) is 0. The summed E-state index contributed by atoms with van der Waals surface area (Å²) in [4.78, 5) is 22.3. The van der Waals surface area contributed by atoms with Gasteiger partial charge in [-0.2, -0.15) is 0 Å². The Balaban J connectivity index is 4.21. The highest BCUT2D eigenvalue weighted by molar-refractivity contribution is 5.89. The van der Waals surface area contributed by atoms with Gasteiger partial charge in [0.15, 0.2) is 0 Å². The molecule has 70 valence electrons. The maximum absolute atomic E-state index is 11.5. The van der Waals surface area contributed by atoms with Crippen LogP contribution in [-0.2, 0) is 9.59 Å². The Labute approximate surface area is 74.3 Å². The Morgan fingerprint density at radius 1 is 1.25 bits per heavy atom. The van der Waals surface area contributed by atoms with Crippen molar-refractivity contribution in [2.45, 2.75) is 41.0 Å². The van der Waals surface area contributed by atoms with Gasteiger partial charge in [-0.25, -0.2) is 0 Å². The second-order valence-electron chi connectivity index (χ2n) is 4.42. The molecule has 2 heteroatoms. The van der Waals surface area contributed by atoms with Gasteiger partial charge in [0, 0.05) is 17.8 Å². The summed E-state index contributed by atoms with van der Waals surface area (Å²) in [6.45, 7) is 8.98. The molecule has 0 rings (SSSR count). The average molecular weight is 170 g/mol. The second kappa shape index (κ2) is 3.83. The molecule has 12 heavy (non-hydrogen) atoms. The maximum Gasteiger partial charge on any atom is 0.141 e. The van der Waals surface area contributed by atoms with Crippen LogP contribution in [0.5, 0.6) is 0 Å². The SMILES string of the molecule is CC(=O)C[C@H](C)C(=O)C(C)(C)C. The van der Waals surface area contributed by atoms with Gasteiger partial charge in [-0.1, -0.05) is 27.7 Å². The average Bonchev–Trinajstić information content (AvgIpc) is 1.82. The first-order chi connectivity index (χ1) is 5.25. The van der Waals surface area contributed by atoms with E-state index in [-0.39, 0.29) is 22.9 Å². The molecule has 0 heterocycles. The highest BCUT2D eigenvalue weighted by Gasteiger charge is 2.26. The lowest BCUT2D eigenvalue weighted by atomic mass is 9.82. The molecule has 0 unspecified atom stereocenters. The summed E-state index contributed by atoms with van der Waals surface area (Å²) in [5, 5.41) is 0. The molecule has 0 fully saturated rings. The molecule has 0 aliphatic heterocycles. The van der Waals surface area contributed by atoms with Crippen LogP contribution in [0.3, 0.4) is 0 Å². The van der Waals surface area contributed by atoms with Gasteiger partial charge in [0.05, 0.1) is 0 Å². The summed E-state index contributed by atoms with van der Waals surface area (Å²) in [7, 11) is 0. The molecule has 0 aromatic carbocycles. The van der Waals surface area contributed by atoms with Crippen molar-refractivity contribution in [2.24, 2.45) is 11.3 Å². The molecule has 0 aromatic rings. The highest BCUT2D eigenvalue weighted by atomic mass is 16.1. The van der Waals surface area contributed by atoms with E-state index in [1.54, 1.807) is 0 Å². The molecule has 0 bridgehead atoms. The van der Waals surface area contributed by atoms with Crippen LogP contribution in [0.1, 0.15) is 41.0 Å². The summed E-state index contributed by atoms with van der Waals surface area (Å²) in [6.07, 6.45) is 0.371. The summed E-state index contributed by atoms with van der Waals surface area (Å²) < 4.78 is 0. The van der Waals surface area contributed by atoms with Gasteiger partial charge < -0.3 is 4.79 Å². The van der Waals surface area contributed by atoms with Crippen molar-refractivity contribution in [3.63, 3.8) is 0 Å². The monoisotopic (exact) mass is 170 g/mol. The smallest absolute Gasteiger partial charge is 0.141 e. The van der Waals surface area contributed by atoms with Crippen molar-refractivity contribution in [2.75, 3.05) is 0 Å². The van der Waals surface area contributed by atoms with Crippen LogP contribution in [0.15, 0.2) is 0 Å². The van der Waals surface area contributed by atoms with E-state index in [9.17, 15) is 9.59 Å². The van der Waals surface area contributed by atoms with Gasteiger partial charge in [-0.15, -0.1) is 0 Å². The third-order valence-corrected chi connectivity index (χ3v) is 1.78. The third-order valence-electron chi connectivity index (χ3n) is 1.78. The molecule has 0 N–H and O–H groups in total. The van der Waals surface area contributed by atoms with Crippen molar-refractivity contribution >= 4 is 11.6 Å². The van der Waals surface area contributed by atoms with Crippen LogP contribution in [0.25, 0.3) is 0 Å². The van der Waals surface area contributed by atoms with Crippen LogP contribution >= 0.6 is 0 Å². The van der Waals surface area contributed by atoms with E-state index in [1.807, 2.05) is 27.7 Å². The molecule has 0 aliphatic rings. The van der Waals surface area contributed by atoms with Crippen molar-refractivity contribution in [3.8, 4) is 0 Å². The largest absolute Gasteiger partial charge is 0.300 e. The fourth-order valence-electron chi connectivity index (χ4n) is 1.26. The van der Waals surface area contributed by atoms with Gasteiger partial charge in [-0.3, -0.25) is 4.79 Å². The number of Topliss-reactive ketones (excluding diaryl/α,β-unsaturated/α-hetero) is 2. The molecule has 1 atom stereocenters. The molecule has 0 saturated heterocycles. The van der Waals surface area contributed by atoms with Crippen molar-refractivity contribution in [3.05, 3.63) is 0 Å². The maximum atomic E-state index is 11.5. The predicted molar refractivity (Wildman–Crippen MR) is 48.9 cm³/mol. The van der Waals surface area contributed by atoms with Crippen molar-refractivity contribution < 1.29 is 9.59 Å². The van der Waals surface area contributed by atoms with E-state index >= 15 is 0 Å². The molecule has 0 radical (unpaired) electrons. The van der Waals surface area contributed by atoms with Gasteiger partial charge in [0.2, 0.25) is 0 Å². The van der Waals surface area contributed by atoms with Crippen LogP contribution in [0.2, 0.25) is 0 Å². The lowest BCUT2D eigenvalue weighted by Crippen LogP contribution is -2.27. The van der Waals surface area contributed by atoms with Crippen LogP contribution < -0.4 is 0 Å². The number of hydrogen-bond acceptors (Lipinski definition) is 2. The van der Waals surface area contributed by atoms with Gasteiger partial charge in [-0.05, 0) is 6.92 Å². The normalized spacial score (nSPS) is 14.1. The van der Waals surface area contributed by atoms with Crippen LogP contribution in [-0.4, -0.2) is 11.6 Å². The minimum atomic E-state index is -0.325. The predicted octanol–water partition coefficient (Wildman–Crippen LogP) is 2.22. The Hall–Kier alpha value is -0.660. The van der Waals surface area contributed by atoms with E-state index in [4.69, 9.17) is 0 Å². The number of carbonyl (C=O) groups excluding carboxylic acids is 2. The third kappa shape index (κ3) is 3.65. The first-order valence-corrected chi connectivity index (χ1v) is 4.29. The quantitative estimate of drug-likeness (QED) is 0.650. The molecule has 0 aromatic heterocycles. The summed E-state index contributed by atoms with van der Waals surface area (Å²) >= 11 is 0. The van der Waals surface area contributed by atoms with Gasteiger partial charge in [0.25, 0.3) is 0 Å². The fraction of sp³-hybridized carbons (Fsp3) is 0.800. The van der Waals surface area contributed by atoms with Crippen LogP contribution in [0, 0.1) is 11.3 Å². The lowest BCUT2D eigenvalue weighted by molar-refractivity contribution is -0.132. The zero-order valence-electron chi connectivity index (χ0n) is 8.60. The number of rotatable bonds is 3. The fourth-order valence-corrected chi connectivity index (χ4v) is 1.26. The Morgan fingerprint density at radius 2 is 1.67 bits per heavy atom. The van der Waals surface area contributed by atoms with E-state index in [2.05, 4.69) is 0 Å². The zero-order chi connectivity index (χ0) is 9.94. The molecule has 2 nitrogen and oxygen atoms in total. The molecule has 0 amide bonds. The molecule has 0 spiro atoms. The van der Waals surface area contributed by atoms with E-state index in [0.717, 1.165) is 0 Å². The number of hydrogen-bond donors (Lipinski definition) is 0. The minimum absolute atomic E-state index is 0.0834. The van der Waals surface area contributed by atoms with Crippen molar-refractivity contribution in [1.29, 1.82) is 0 Å². The molecule has 0 aliphatic carbocycles. The zero-order valence-corrected chi connectivity index (χ0v) is 8.60. The van der Waals surface area contributed by atoms with E-state index < -0.39 is 0 Å². The number of carbonyl (C=O) groups is 2. The van der Waals surface area contributed by atoms with Crippen LogP contribution in [0.4, 0.5) is 0 Å². The standard InChI is InChI=1S/C10H18O2/c1-7(6-8(2)11)9(12)10(3,4)5/h7H,6H2,1-5H3/t7-/m0/s1. The summed E-state index contributed by atoms with van der Waals surface area (Å²) in [5.74, 6) is 0.111. The van der Waals surface area contributed by atoms with Gasteiger partial charge in [0.1, 0.15) is 11.6 Å². The lowest BCUT2D eigenvalue weighted by Gasteiger charge is -2.20. The summed E-state index contributed by atoms with van der Waals surface area (Å²) in [5.41, 5.74) is -0.325. The Kier molecular flexibility index (Phi) is 3.62. The second-order valence-corrected chi connectivity index (χ2v) is 4.42. The van der Waals surface area contributed by atoms with E-state index in [1.165, 1.54) is 6.92 Å². The topological polar surface area (TPSA) is 34.1 Å². The molecule has 0 saturated carbocycles. The minimum Gasteiger partial charge on any atom is -0.300 e. The molecular weight excluding hydrogens is 152 g/mol. The van der Waals surface area contributed by atoms with Crippen molar-refractivity contribution in [1.82, 2.24) is 0 Å². The highest BCUT2D eigenvalue weighted by Crippen LogP contribution is 2.21. The molecular formula is C10H18O2. The van der Waals surface area contributed by atoms with Gasteiger partial charge >= 0.3 is 0 Å². The Morgan fingerprint density at radius 3 is 1.92 bits per heavy atom. The Bertz CT molecular complexity index is 187. The first-order valence-electron chi connectivity index (χ1n) is 4.29. The number of ketones is 2. The van der Waals surface area contributed by atoms with E-state index in [0.29, 0.717) is 6.42 Å².